The zero-order chi connectivity index (χ0) is 36.0. The smallest absolute Gasteiger partial charge is 0.0936 e. The van der Waals surface area contributed by atoms with E-state index >= 15 is 0 Å². The Morgan fingerprint density at radius 1 is 0.377 bits per heavy atom. The molecule has 0 aliphatic rings. The number of hydrogen-bond acceptors (Lipinski definition) is 7. The average Bonchev–Trinajstić information content (AvgIpc) is 3.22. The Morgan fingerprint density at radius 2 is 0.736 bits per heavy atom. The van der Waals surface area contributed by atoms with Crippen LogP contribution in [0.25, 0.3) is 43.4 Å². The lowest BCUT2D eigenvalue weighted by atomic mass is 10.1. The Bertz CT molecular complexity index is 2650. The lowest BCUT2D eigenvalue weighted by molar-refractivity contribution is 0.765. The summed E-state index contributed by atoms with van der Waals surface area (Å²) in [5, 5.41) is 37.7. The van der Waals surface area contributed by atoms with Crippen molar-refractivity contribution in [2.75, 3.05) is 5.32 Å². The highest BCUT2D eigenvalue weighted by molar-refractivity contribution is 6.02. The van der Waals surface area contributed by atoms with Gasteiger partial charge in [-0.1, -0.05) is 122 Å². The summed E-state index contributed by atoms with van der Waals surface area (Å²) in [4.78, 5) is 0. The van der Waals surface area contributed by atoms with Gasteiger partial charge in [-0.15, -0.1) is 25.6 Å². The molecular weight excluding hydrogens is 651 g/mol. The van der Waals surface area contributed by atoms with Crippen LogP contribution >= 0.6 is 0 Å². The van der Waals surface area contributed by atoms with Crippen LogP contribution in [0.2, 0.25) is 0 Å². The van der Waals surface area contributed by atoms with Gasteiger partial charge in [0.05, 0.1) is 34.1 Å². The van der Waals surface area contributed by atoms with Gasteiger partial charge in [0.25, 0.3) is 0 Å². The molecule has 0 aromatic heterocycles. The number of nitrogens with one attached hydrogen (secondary N) is 1. The SMILES string of the molecule is CCC(C)Nc1ccc(/N=N/c2ccc(/N=N/c3ccc(/N=N/c4ccc(-c5ccccc5)cc4)c4ccccc34)c3ccccc23)c2ccccc12. The van der Waals surface area contributed by atoms with Gasteiger partial charge >= 0.3 is 0 Å². The molecule has 0 aliphatic heterocycles. The number of hydrogen-bond donors (Lipinski definition) is 1. The first-order valence-corrected chi connectivity index (χ1v) is 17.9. The summed E-state index contributed by atoms with van der Waals surface area (Å²) in [6, 6.07) is 55.2. The van der Waals surface area contributed by atoms with Crippen molar-refractivity contribution in [2.24, 2.45) is 30.7 Å². The Morgan fingerprint density at radius 3 is 1.19 bits per heavy atom. The minimum Gasteiger partial charge on any atom is -0.382 e. The molecule has 0 heterocycles. The fourth-order valence-electron chi connectivity index (χ4n) is 6.43. The molecule has 0 amide bonds. The average molecular weight is 688 g/mol. The lowest BCUT2D eigenvalue weighted by Crippen LogP contribution is -2.13. The standard InChI is InChI=1S/C46H37N7/c1-3-31(2)47-41-25-26-43(36-16-8-7-15-35(36)41)50-51-45-29-30-46(40-20-12-11-19-39(40)45)53-52-44-28-27-42(37-17-9-10-18-38(37)44)49-48-34-23-21-33(22-24-34)32-13-5-4-6-14-32/h4-31,47H,3H2,1-2H3/b49-48+,51-50+,53-52+. The largest absolute Gasteiger partial charge is 0.382 e. The van der Waals surface area contributed by atoms with Gasteiger partial charge in [0.15, 0.2) is 0 Å². The summed E-state index contributed by atoms with van der Waals surface area (Å²) in [5.41, 5.74) is 8.04. The van der Waals surface area contributed by atoms with Crippen LogP contribution in [0.1, 0.15) is 20.3 Å². The first-order chi connectivity index (χ1) is 26.1. The molecule has 8 aromatic rings. The topological polar surface area (TPSA) is 86.2 Å². The number of fused-ring (bicyclic) bond motifs is 3. The van der Waals surface area contributed by atoms with Crippen LogP contribution in [0.15, 0.2) is 194 Å². The maximum Gasteiger partial charge on any atom is 0.0936 e. The summed E-state index contributed by atoms with van der Waals surface area (Å²) < 4.78 is 0. The second kappa shape index (κ2) is 15.2. The van der Waals surface area contributed by atoms with E-state index in [1.807, 2.05) is 115 Å². The molecule has 0 bridgehead atoms. The molecule has 7 heteroatoms. The molecule has 0 aliphatic carbocycles. The third-order valence-electron chi connectivity index (χ3n) is 9.45. The molecule has 256 valence electrons. The molecule has 0 saturated carbocycles. The Balaban J connectivity index is 1.06. The number of rotatable bonds is 10. The fraction of sp³-hybridized carbons (Fsp3) is 0.0870. The molecule has 1 N–H and O–H groups in total. The monoisotopic (exact) mass is 687 g/mol. The van der Waals surface area contributed by atoms with Crippen molar-refractivity contribution < 1.29 is 0 Å². The lowest BCUT2D eigenvalue weighted by Gasteiger charge is -2.15. The van der Waals surface area contributed by atoms with E-state index in [9.17, 15) is 0 Å². The number of anilines is 1. The van der Waals surface area contributed by atoms with E-state index in [-0.39, 0.29) is 0 Å². The maximum absolute atomic E-state index is 4.74. The molecule has 0 radical (unpaired) electrons. The molecule has 7 nitrogen and oxygen atoms in total. The summed E-state index contributed by atoms with van der Waals surface area (Å²) in [6.45, 7) is 4.37. The fourth-order valence-corrected chi connectivity index (χ4v) is 6.43. The van der Waals surface area contributed by atoms with E-state index in [0.29, 0.717) is 6.04 Å². The van der Waals surface area contributed by atoms with Crippen molar-refractivity contribution in [3.05, 3.63) is 164 Å². The van der Waals surface area contributed by atoms with Gasteiger partial charge in [-0.25, -0.2) is 0 Å². The van der Waals surface area contributed by atoms with E-state index in [0.717, 1.165) is 84.1 Å². The molecule has 0 spiro atoms. The Kier molecular flexibility index (Phi) is 9.53. The minimum absolute atomic E-state index is 0.373. The van der Waals surface area contributed by atoms with Gasteiger partial charge in [0.2, 0.25) is 0 Å². The van der Waals surface area contributed by atoms with Crippen LogP contribution in [0.4, 0.5) is 39.8 Å². The molecule has 8 rings (SSSR count). The summed E-state index contributed by atoms with van der Waals surface area (Å²) in [5.74, 6) is 0. The number of azo groups is 3. The predicted octanol–water partition coefficient (Wildman–Crippen LogP) is 15.3. The second-order valence-corrected chi connectivity index (χ2v) is 12.9. The van der Waals surface area contributed by atoms with Gasteiger partial charge in [-0.2, -0.15) is 5.11 Å². The van der Waals surface area contributed by atoms with Crippen molar-refractivity contribution in [3.8, 4) is 11.1 Å². The van der Waals surface area contributed by atoms with Crippen LogP contribution in [-0.2, 0) is 0 Å². The molecule has 53 heavy (non-hydrogen) atoms. The van der Waals surface area contributed by atoms with Crippen LogP contribution in [0, 0.1) is 0 Å². The summed E-state index contributed by atoms with van der Waals surface area (Å²) in [6.07, 6.45) is 1.04. The molecule has 8 aromatic carbocycles. The third-order valence-corrected chi connectivity index (χ3v) is 9.45. The zero-order valence-corrected chi connectivity index (χ0v) is 29.6. The van der Waals surface area contributed by atoms with E-state index in [1.54, 1.807) is 0 Å². The Labute approximate surface area is 308 Å². The van der Waals surface area contributed by atoms with E-state index in [4.69, 9.17) is 20.5 Å². The Hall–Kier alpha value is -6.86. The van der Waals surface area contributed by atoms with Crippen molar-refractivity contribution in [2.45, 2.75) is 26.3 Å². The van der Waals surface area contributed by atoms with E-state index < -0.39 is 0 Å². The normalized spacial score (nSPS) is 12.5. The zero-order valence-electron chi connectivity index (χ0n) is 29.6. The van der Waals surface area contributed by atoms with E-state index in [2.05, 4.69) is 77.9 Å². The third kappa shape index (κ3) is 7.18. The minimum atomic E-state index is 0.373. The van der Waals surface area contributed by atoms with Gasteiger partial charge < -0.3 is 5.32 Å². The first kappa shape index (κ1) is 33.3. The van der Waals surface area contributed by atoms with Crippen molar-refractivity contribution >= 4 is 72.1 Å². The van der Waals surface area contributed by atoms with Gasteiger partial charge in [-0.05, 0) is 73.0 Å². The highest BCUT2D eigenvalue weighted by atomic mass is 15.1. The van der Waals surface area contributed by atoms with Crippen LogP contribution in [0.3, 0.4) is 0 Å². The van der Waals surface area contributed by atoms with Crippen LogP contribution in [0.5, 0.6) is 0 Å². The molecule has 1 atom stereocenters. The van der Waals surface area contributed by atoms with Gasteiger partial charge in [0, 0.05) is 44.0 Å². The molecule has 1 unspecified atom stereocenters. The molecular formula is C46H37N7. The van der Waals surface area contributed by atoms with Crippen LogP contribution < -0.4 is 5.32 Å². The highest BCUT2D eigenvalue weighted by Gasteiger charge is 2.10. The van der Waals surface area contributed by atoms with Gasteiger partial charge in [0.1, 0.15) is 0 Å². The number of benzene rings is 8. The highest BCUT2D eigenvalue weighted by Crippen LogP contribution is 2.39. The maximum atomic E-state index is 4.74. The second-order valence-electron chi connectivity index (χ2n) is 12.9. The van der Waals surface area contributed by atoms with E-state index in [1.165, 1.54) is 5.56 Å². The predicted molar refractivity (Wildman–Crippen MR) is 220 cm³/mol. The van der Waals surface area contributed by atoms with Crippen molar-refractivity contribution in [1.29, 1.82) is 0 Å². The summed E-state index contributed by atoms with van der Waals surface area (Å²) >= 11 is 0. The van der Waals surface area contributed by atoms with Gasteiger partial charge in [-0.3, -0.25) is 0 Å². The number of nitrogens with zero attached hydrogens (tertiary/aromatic N) is 6. The first-order valence-electron chi connectivity index (χ1n) is 17.9. The quantitative estimate of drug-likeness (QED) is 0.143. The van der Waals surface area contributed by atoms with Crippen LogP contribution in [-0.4, -0.2) is 6.04 Å². The molecule has 0 fully saturated rings. The summed E-state index contributed by atoms with van der Waals surface area (Å²) in [7, 11) is 0. The molecule has 0 saturated heterocycles. The van der Waals surface area contributed by atoms with Crippen molar-refractivity contribution in [3.63, 3.8) is 0 Å². The van der Waals surface area contributed by atoms with Crippen molar-refractivity contribution in [1.82, 2.24) is 0 Å².